The van der Waals surface area contributed by atoms with Crippen molar-refractivity contribution in [2.24, 2.45) is 5.10 Å². The van der Waals surface area contributed by atoms with E-state index < -0.39 is 0 Å². The molecule has 1 aliphatic rings. The molecule has 4 rings (SSSR count). The summed E-state index contributed by atoms with van der Waals surface area (Å²) in [6, 6.07) is 10.1. The average Bonchev–Trinajstić information content (AvgIpc) is 3.37. The lowest BCUT2D eigenvalue weighted by atomic mass is 10.2. The zero-order valence-electron chi connectivity index (χ0n) is 14.8. The lowest BCUT2D eigenvalue weighted by Gasteiger charge is -2.07. The summed E-state index contributed by atoms with van der Waals surface area (Å²) < 4.78 is 9.48. The number of nitrogens with zero attached hydrogens (tertiary/aromatic N) is 5. The standard InChI is InChI=1S/C18H19ClN6OS/c1-12-14(16(19)24(23-12)11-13-6-3-2-4-7-13)10-20-25-17(21-22-18(25)27)15-8-5-9-26-15/h2-4,6-7,10,15H,5,8-9,11H2,1H3,(H,22,27)/t15-/m1/s1. The van der Waals surface area contributed by atoms with Crippen molar-refractivity contribution < 1.29 is 4.74 Å². The molecule has 9 heteroatoms. The van der Waals surface area contributed by atoms with E-state index in [0.717, 1.165) is 36.3 Å². The molecule has 0 aliphatic carbocycles. The Morgan fingerprint density at radius 2 is 2.22 bits per heavy atom. The van der Waals surface area contributed by atoms with Crippen molar-refractivity contribution in [2.75, 3.05) is 6.61 Å². The fourth-order valence-electron chi connectivity index (χ4n) is 3.10. The van der Waals surface area contributed by atoms with Crippen molar-refractivity contribution in [3.63, 3.8) is 0 Å². The minimum atomic E-state index is -0.0903. The van der Waals surface area contributed by atoms with Gasteiger partial charge in [0.2, 0.25) is 4.77 Å². The molecule has 1 fully saturated rings. The number of ether oxygens (including phenoxy) is 1. The second-order valence-corrected chi connectivity index (χ2v) is 7.12. The van der Waals surface area contributed by atoms with Gasteiger partial charge < -0.3 is 4.74 Å². The van der Waals surface area contributed by atoms with Crippen molar-refractivity contribution >= 4 is 30.0 Å². The van der Waals surface area contributed by atoms with E-state index in [1.54, 1.807) is 15.6 Å². The van der Waals surface area contributed by atoms with Crippen LogP contribution in [0.4, 0.5) is 0 Å². The SMILES string of the molecule is Cc1nn(Cc2ccccc2)c(Cl)c1C=Nn1c([C@H]2CCCO2)n[nH]c1=S. The van der Waals surface area contributed by atoms with Gasteiger partial charge in [-0.3, -0.25) is 5.10 Å². The van der Waals surface area contributed by atoms with Crippen molar-refractivity contribution in [2.45, 2.75) is 32.4 Å². The van der Waals surface area contributed by atoms with Gasteiger partial charge in [-0.25, -0.2) is 4.68 Å². The molecule has 1 N–H and O–H groups in total. The lowest BCUT2D eigenvalue weighted by molar-refractivity contribution is 0.102. The summed E-state index contributed by atoms with van der Waals surface area (Å²) in [5.74, 6) is 0.680. The summed E-state index contributed by atoms with van der Waals surface area (Å²) in [5.41, 5.74) is 2.69. The van der Waals surface area contributed by atoms with Crippen LogP contribution in [0.2, 0.25) is 5.15 Å². The van der Waals surface area contributed by atoms with E-state index in [2.05, 4.69) is 20.4 Å². The summed E-state index contributed by atoms with van der Waals surface area (Å²) in [4.78, 5) is 0. The lowest BCUT2D eigenvalue weighted by Crippen LogP contribution is -2.05. The first-order valence-corrected chi connectivity index (χ1v) is 9.52. The van der Waals surface area contributed by atoms with Crippen LogP contribution < -0.4 is 0 Å². The Balaban J connectivity index is 1.62. The number of aromatic amines is 1. The van der Waals surface area contributed by atoms with Gasteiger partial charge in [0.15, 0.2) is 5.82 Å². The molecule has 27 heavy (non-hydrogen) atoms. The Morgan fingerprint density at radius 3 is 2.96 bits per heavy atom. The van der Waals surface area contributed by atoms with Gasteiger partial charge in [-0.15, -0.1) is 0 Å². The number of aryl methyl sites for hydroxylation is 1. The minimum Gasteiger partial charge on any atom is -0.370 e. The second-order valence-electron chi connectivity index (χ2n) is 6.38. The van der Waals surface area contributed by atoms with Crippen LogP contribution in [0.25, 0.3) is 0 Å². The summed E-state index contributed by atoms with van der Waals surface area (Å²) in [6.07, 6.45) is 3.50. The molecule has 3 aromatic rings. The zero-order chi connectivity index (χ0) is 18.8. The number of hydrogen-bond donors (Lipinski definition) is 1. The van der Waals surface area contributed by atoms with Crippen LogP contribution in [0.5, 0.6) is 0 Å². The van der Waals surface area contributed by atoms with E-state index in [4.69, 9.17) is 28.6 Å². The Labute approximate surface area is 166 Å². The van der Waals surface area contributed by atoms with Gasteiger partial charge in [-0.2, -0.15) is 20.0 Å². The molecular formula is C18H19ClN6OS. The van der Waals surface area contributed by atoms with Gasteiger partial charge in [-0.1, -0.05) is 41.9 Å². The molecule has 0 bridgehead atoms. The van der Waals surface area contributed by atoms with Crippen LogP contribution >= 0.6 is 23.8 Å². The van der Waals surface area contributed by atoms with Gasteiger partial charge >= 0.3 is 0 Å². The largest absolute Gasteiger partial charge is 0.370 e. The molecule has 1 saturated heterocycles. The zero-order valence-corrected chi connectivity index (χ0v) is 16.4. The highest BCUT2D eigenvalue weighted by atomic mass is 35.5. The summed E-state index contributed by atoms with van der Waals surface area (Å²) in [7, 11) is 0. The first kappa shape index (κ1) is 18.1. The minimum absolute atomic E-state index is 0.0903. The summed E-state index contributed by atoms with van der Waals surface area (Å²) in [6.45, 7) is 3.23. The molecule has 140 valence electrons. The van der Waals surface area contributed by atoms with Gasteiger partial charge in [0.1, 0.15) is 11.3 Å². The Hall–Kier alpha value is -2.29. The van der Waals surface area contributed by atoms with Crippen molar-refractivity contribution in [3.8, 4) is 0 Å². The molecule has 1 aromatic carbocycles. The number of H-pyrrole nitrogens is 1. The van der Waals surface area contributed by atoms with Crippen LogP contribution in [0.1, 0.15) is 41.6 Å². The molecule has 1 aliphatic heterocycles. The number of halogens is 1. The van der Waals surface area contributed by atoms with Gasteiger partial charge in [0, 0.05) is 6.61 Å². The predicted molar refractivity (Wildman–Crippen MR) is 106 cm³/mol. The number of hydrogen-bond acceptors (Lipinski definition) is 5. The molecule has 0 unspecified atom stereocenters. The molecule has 1 atom stereocenters. The number of aromatic nitrogens is 5. The molecule has 0 radical (unpaired) electrons. The van der Waals surface area contributed by atoms with Gasteiger partial charge in [0.05, 0.1) is 24.0 Å². The van der Waals surface area contributed by atoms with Crippen molar-refractivity contribution in [3.05, 3.63) is 62.9 Å². The summed E-state index contributed by atoms with van der Waals surface area (Å²) in [5, 5.41) is 16.6. The van der Waals surface area contributed by atoms with Gasteiger partial charge in [0.25, 0.3) is 0 Å². The average molecular weight is 403 g/mol. The second kappa shape index (κ2) is 7.75. The quantitative estimate of drug-likeness (QED) is 0.519. The molecule has 0 spiro atoms. The highest BCUT2D eigenvalue weighted by Gasteiger charge is 2.23. The van der Waals surface area contributed by atoms with E-state index in [1.807, 2.05) is 37.3 Å². The van der Waals surface area contributed by atoms with Crippen molar-refractivity contribution in [1.82, 2.24) is 24.7 Å². The molecule has 3 heterocycles. The highest BCUT2D eigenvalue weighted by molar-refractivity contribution is 7.71. The number of benzene rings is 1. The topological polar surface area (TPSA) is 73.0 Å². The van der Waals surface area contributed by atoms with E-state index in [-0.39, 0.29) is 6.10 Å². The van der Waals surface area contributed by atoms with Crippen molar-refractivity contribution in [1.29, 1.82) is 0 Å². The summed E-state index contributed by atoms with van der Waals surface area (Å²) >= 11 is 11.9. The third-order valence-electron chi connectivity index (χ3n) is 4.48. The van der Waals surface area contributed by atoms with E-state index in [0.29, 0.717) is 22.3 Å². The van der Waals surface area contributed by atoms with E-state index >= 15 is 0 Å². The number of rotatable bonds is 5. The predicted octanol–water partition coefficient (Wildman–Crippen LogP) is 3.88. The molecule has 0 amide bonds. The fraction of sp³-hybridized carbons (Fsp3) is 0.333. The fourth-order valence-corrected chi connectivity index (χ4v) is 3.56. The van der Waals surface area contributed by atoms with Crippen LogP contribution in [0.3, 0.4) is 0 Å². The smallest absolute Gasteiger partial charge is 0.216 e. The third-order valence-corrected chi connectivity index (χ3v) is 5.14. The van der Waals surface area contributed by atoms with Crippen LogP contribution in [0.15, 0.2) is 35.4 Å². The van der Waals surface area contributed by atoms with Gasteiger partial charge in [-0.05, 0) is 37.5 Å². The Morgan fingerprint density at radius 1 is 1.41 bits per heavy atom. The van der Waals surface area contributed by atoms with Crippen LogP contribution in [-0.2, 0) is 11.3 Å². The third kappa shape index (κ3) is 3.73. The molecular weight excluding hydrogens is 384 g/mol. The molecule has 2 aromatic heterocycles. The maximum Gasteiger partial charge on any atom is 0.216 e. The first-order chi connectivity index (χ1) is 13.1. The Kier molecular flexibility index (Phi) is 5.20. The first-order valence-electron chi connectivity index (χ1n) is 8.73. The van der Waals surface area contributed by atoms with Crippen LogP contribution in [-0.4, -0.2) is 37.5 Å². The monoisotopic (exact) mass is 402 g/mol. The number of nitrogens with one attached hydrogen (secondary N) is 1. The maximum atomic E-state index is 6.55. The van der Waals surface area contributed by atoms with E-state index in [1.165, 1.54) is 0 Å². The maximum absolute atomic E-state index is 6.55. The van der Waals surface area contributed by atoms with Crippen LogP contribution in [0, 0.1) is 11.7 Å². The molecule has 7 nitrogen and oxygen atoms in total. The highest BCUT2D eigenvalue weighted by Crippen LogP contribution is 2.27. The Bertz CT molecular complexity index is 1020. The normalized spacial score (nSPS) is 17.2. The van der Waals surface area contributed by atoms with E-state index in [9.17, 15) is 0 Å². The molecule has 0 saturated carbocycles.